The molecule has 0 radical (unpaired) electrons. The molecule has 0 saturated carbocycles. The third kappa shape index (κ3) is 4.41. The number of hydrazone groups is 1. The molecule has 116 valence electrons. The fourth-order valence-electron chi connectivity index (χ4n) is 2.08. The minimum absolute atomic E-state index is 0.110. The van der Waals surface area contributed by atoms with Crippen LogP contribution in [-0.4, -0.2) is 30.1 Å². The number of benzene rings is 1. The van der Waals surface area contributed by atoms with Crippen molar-refractivity contribution in [3.63, 3.8) is 0 Å². The van der Waals surface area contributed by atoms with E-state index in [9.17, 15) is 14.4 Å². The zero-order valence-corrected chi connectivity index (χ0v) is 12.4. The lowest BCUT2D eigenvalue weighted by Gasteiger charge is -2.11. The predicted molar refractivity (Wildman–Crippen MR) is 80.3 cm³/mol. The van der Waals surface area contributed by atoms with Gasteiger partial charge in [-0.3, -0.25) is 9.59 Å². The van der Waals surface area contributed by atoms with Gasteiger partial charge in [-0.05, 0) is 37.1 Å². The summed E-state index contributed by atoms with van der Waals surface area (Å²) in [6.45, 7) is 3.45. The Balaban J connectivity index is 1.85. The monoisotopic (exact) mass is 303 g/mol. The van der Waals surface area contributed by atoms with E-state index in [4.69, 9.17) is 4.74 Å². The van der Waals surface area contributed by atoms with Crippen LogP contribution in [0.3, 0.4) is 0 Å². The highest BCUT2D eigenvalue weighted by atomic mass is 16.5. The van der Waals surface area contributed by atoms with Crippen LogP contribution in [0.25, 0.3) is 0 Å². The van der Waals surface area contributed by atoms with E-state index in [2.05, 4.69) is 15.8 Å². The molecular weight excluding hydrogens is 286 g/mol. The number of aryl methyl sites for hydroxylation is 2. The van der Waals surface area contributed by atoms with E-state index in [-0.39, 0.29) is 24.5 Å². The molecule has 0 bridgehead atoms. The largest absolute Gasteiger partial charge is 0.451 e. The second-order valence-corrected chi connectivity index (χ2v) is 5.09. The number of carbonyl (C=O) groups excluding carboxylic acids is 3. The zero-order chi connectivity index (χ0) is 16.1. The summed E-state index contributed by atoms with van der Waals surface area (Å²) in [5.41, 5.74) is 5.02. The number of nitrogens with one attached hydrogen (secondary N) is 2. The van der Waals surface area contributed by atoms with Crippen molar-refractivity contribution in [1.82, 2.24) is 5.43 Å². The van der Waals surface area contributed by atoms with Crippen molar-refractivity contribution in [2.45, 2.75) is 26.7 Å². The minimum Gasteiger partial charge on any atom is -0.451 e. The average molecular weight is 303 g/mol. The highest BCUT2D eigenvalue weighted by molar-refractivity contribution is 6.37. The van der Waals surface area contributed by atoms with E-state index in [0.29, 0.717) is 5.69 Å². The number of rotatable bonds is 4. The summed E-state index contributed by atoms with van der Waals surface area (Å²) in [5.74, 6) is -1.38. The molecule has 7 heteroatoms. The van der Waals surface area contributed by atoms with E-state index in [1.54, 1.807) is 0 Å². The van der Waals surface area contributed by atoms with E-state index in [1.165, 1.54) is 0 Å². The summed E-state index contributed by atoms with van der Waals surface area (Å²) in [4.78, 5) is 34.4. The van der Waals surface area contributed by atoms with Crippen LogP contribution in [-0.2, 0) is 19.1 Å². The van der Waals surface area contributed by atoms with E-state index in [1.807, 2.05) is 32.0 Å². The van der Waals surface area contributed by atoms with Gasteiger partial charge in [-0.25, -0.2) is 10.2 Å². The molecule has 0 fully saturated rings. The highest BCUT2D eigenvalue weighted by Crippen LogP contribution is 2.13. The minimum atomic E-state index is -0.699. The topological polar surface area (TPSA) is 96.9 Å². The maximum atomic E-state index is 11.8. The average Bonchev–Trinajstić information content (AvgIpc) is 2.44. The van der Waals surface area contributed by atoms with Crippen LogP contribution in [0.15, 0.2) is 23.3 Å². The van der Waals surface area contributed by atoms with E-state index < -0.39 is 18.5 Å². The van der Waals surface area contributed by atoms with Crippen molar-refractivity contribution >= 4 is 29.2 Å². The molecule has 0 unspecified atom stereocenters. The molecule has 7 nitrogen and oxygen atoms in total. The van der Waals surface area contributed by atoms with Gasteiger partial charge in [-0.2, -0.15) is 5.10 Å². The second kappa shape index (κ2) is 6.84. The van der Waals surface area contributed by atoms with E-state index >= 15 is 0 Å². The first-order valence-electron chi connectivity index (χ1n) is 6.85. The normalized spacial score (nSPS) is 13.9. The fraction of sp³-hybridized carbons (Fsp3) is 0.333. The summed E-state index contributed by atoms with van der Waals surface area (Å²) in [5, 5.41) is 6.27. The molecule has 2 amide bonds. The molecule has 0 spiro atoms. The van der Waals surface area contributed by atoms with Crippen LogP contribution in [0.4, 0.5) is 5.69 Å². The molecule has 2 N–H and O–H groups in total. The van der Waals surface area contributed by atoms with Gasteiger partial charge in [-0.15, -0.1) is 0 Å². The lowest BCUT2D eigenvalue weighted by atomic mass is 10.1. The lowest BCUT2D eigenvalue weighted by Crippen LogP contribution is -2.32. The number of hydrogen-bond donors (Lipinski definition) is 2. The van der Waals surface area contributed by atoms with Gasteiger partial charge in [-0.1, -0.05) is 6.07 Å². The smallest absolute Gasteiger partial charge is 0.355 e. The van der Waals surface area contributed by atoms with Crippen LogP contribution in [0.1, 0.15) is 24.0 Å². The van der Waals surface area contributed by atoms with Crippen molar-refractivity contribution < 1.29 is 19.1 Å². The molecular formula is C15H17N3O4. The first-order valence-corrected chi connectivity index (χ1v) is 6.85. The lowest BCUT2D eigenvalue weighted by molar-refractivity contribution is -0.140. The second-order valence-electron chi connectivity index (χ2n) is 5.09. The summed E-state index contributed by atoms with van der Waals surface area (Å²) in [7, 11) is 0. The van der Waals surface area contributed by atoms with Crippen LogP contribution in [0.5, 0.6) is 0 Å². The van der Waals surface area contributed by atoms with Gasteiger partial charge in [0.2, 0.25) is 5.91 Å². The Bertz CT molecular complexity index is 632. The van der Waals surface area contributed by atoms with Crippen LogP contribution < -0.4 is 10.7 Å². The van der Waals surface area contributed by atoms with Crippen molar-refractivity contribution in [2.24, 2.45) is 5.10 Å². The van der Waals surface area contributed by atoms with Crippen molar-refractivity contribution in [3.05, 3.63) is 29.3 Å². The van der Waals surface area contributed by atoms with Gasteiger partial charge in [0.05, 0.1) is 0 Å². The number of nitrogens with zero attached hydrogens (tertiary/aromatic N) is 1. The quantitative estimate of drug-likeness (QED) is 0.812. The SMILES string of the molecule is Cc1cc(C)cc(NC(=O)COC(=O)C2=NNC(=O)CC2)c1. The van der Waals surface area contributed by atoms with Crippen molar-refractivity contribution in [3.8, 4) is 0 Å². The van der Waals surface area contributed by atoms with Gasteiger partial charge in [0.25, 0.3) is 5.91 Å². The van der Waals surface area contributed by atoms with Gasteiger partial charge in [0.15, 0.2) is 6.61 Å². The van der Waals surface area contributed by atoms with Crippen LogP contribution >= 0.6 is 0 Å². The van der Waals surface area contributed by atoms with Gasteiger partial charge >= 0.3 is 5.97 Å². The van der Waals surface area contributed by atoms with Crippen LogP contribution in [0.2, 0.25) is 0 Å². The molecule has 1 aromatic rings. The fourth-order valence-corrected chi connectivity index (χ4v) is 2.08. The van der Waals surface area contributed by atoms with Gasteiger partial charge < -0.3 is 10.1 Å². The molecule has 0 aromatic heterocycles. The van der Waals surface area contributed by atoms with Crippen molar-refractivity contribution in [2.75, 3.05) is 11.9 Å². The van der Waals surface area contributed by atoms with Gasteiger partial charge in [0, 0.05) is 18.5 Å². The summed E-state index contributed by atoms with van der Waals surface area (Å²) in [6, 6.07) is 5.64. The number of anilines is 1. The number of hydrogen-bond acceptors (Lipinski definition) is 5. The molecule has 0 atom stereocenters. The first-order chi connectivity index (χ1) is 10.4. The standard InChI is InChI=1S/C15H17N3O4/c1-9-5-10(2)7-11(6-9)16-14(20)8-22-15(21)12-3-4-13(19)18-17-12/h5-7H,3-4,8H2,1-2H3,(H,16,20)(H,18,19). The third-order valence-electron chi connectivity index (χ3n) is 2.98. The highest BCUT2D eigenvalue weighted by Gasteiger charge is 2.20. The molecule has 1 aromatic carbocycles. The summed E-state index contributed by atoms with van der Waals surface area (Å²) >= 11 is 0. The third-order valence-corrected chi connectivity index (χ3v) is 2.98. The summed E-state index contributed by atoms with van der Waals surface area (Å²) < 4.78 is 4.88. The Labute approximate surface area is 127 Å². The van der Waals surface area contributed by atoms with Gasteiger partial charge in [0.1, 0.15) is 5.71 Å². The van der Waals surface area contributed by atoms with Crippen LogP contribution in [0, 0.1) is 13.8 Å². The maximum Gasteiger partial charge on any atom is 0.355 e. The number of amides is 2. The van der Waals surface area contributed by atoms with Crippen molar-refractivity contribution in [1.29, 1.82) is 0 Å². The maximum absolute atomic E-state index is 11.8. The predicted octanol–water partition coefficient (Wildman–Crippen LogP) is 1.05. The Kier molecular flexibility index (Phi) is 4.88. The molecule has 0 saturated heterocycles. The Hall–Kier alpha value is -2.70. The molecule has 2 rings (SSSR count). The summed E-state index contributed by atoms with van der Waals surface area (Å²) in [6.07, 6.45) is 0.395. The Morgan fingerprint density at radius 3 is 2.50 bits per heavy atom. The number of ether oxygens (including phenoxy) is 1. The number of carbonyl (C=O) groups is 3. The first kappa shape index (κ1) is 15.7. The number of esters is 1. The zero-order valence-electron chi connectivity index (χ0n) is 12.4. The van der Waals surface area contributed by atoms with E-state index in [0.717, 1.165) is 11.1 Å². The Morgan fingerprint density at radius 2 is 1.91 bits per heavy atom. The molecule has 1 aliphatic rings. The molecule has 0 aliphatic carbocycles. The molecule has 22 heavy (non-hydrogen) atoms. The molecule has 1 heterocycles. The molecule has 1 aliphatic heterocycles. The Morgan fingerprint density at radius 1 is 1.23 bits per heavy atom.